The van der Waals surface area contributed by atoms with Crippen molar-refractivity contribution in [2.75, 3.05) is 0 Å². The molecule has 1 rings (SSSR count). The maximum atomic E-state index is 8.73. The Morgan fingerprint density at radius 1 is 1.36 bits per heavy atom. The van der Waals surface area contributed by atoms with Gasteiger partial charge in [-0.2, -0.15) is 10.5 Å². The van der Waals surface area contributed by atoms with Crippen molar-refractivity contribution < 1.29 is 0 Å². The Kier molecular flexibility index (Phi) is 3.51. The number of hydrogen-bond donors (Lipinski definition) is 0. The lowest BCUT2D eigenvalue weighted by Crippen LogP contribution is -1.94. The van der Waals surface area contributed by atoms with Crippen molar-refractivity contribution in [1.82, 2.24) is 0 Å². The van der Waals surface area contributed by atoms with Crippen molar-refractivity contribution in [2.24, 2.45) is 0 Å². The van der Waals surface area contributed by atoms with E-state index >= 15 is 0 Å². The molecule has 0 unspecified atom stereocenters. The average molecular weight is 205 g/mol. The Bertz CT molecular complexity index is 424. The van der Waals surface area contributed by atoms with Crippen LogP contribution in [0.2, 0.25) is 5.02 Å². The molecule has 3 heteroatoms. The maximum Gasteiger partial charge on any atom is 0.0992 e. The van der Waals surface area contributed by atoms with Crippen molar-refractivity contribution in [3.05, 3.63) is 33.8 Å². The molecule has 0 fully saturated rings. The molecule has 0 aliphatic rings. The van der Waals surface area contributed by atoms with E-state index in [4.69, 9.17) is 22.1 Å². The second-order valence-corrected chi connectivity index (χ2v) is 3.30. The Hall–Kier alpha value is -1.51. The Balaban J connectivity index is 3.30. The lowest BCUT2D eigenvalue weighted by Gasteiger charge is -2.07. The van der Waals surface area contributed by atoms with Gasteiger partial charge in [-0.3, -0.25) is 0 Å². The van der Waals surface area contributed by atoms with Crippen molar-refractivity contribution in [1.29, 1.82) is 10.5 Å². The molecule has 0 heterocycles. The predicted octanol–water partition coefficient (Wildman–Crippen LogP) is 2.84. The van der Waals surface area contributed by atoms with Gasteiger partial charge < -0.3 is 0 Å². The van der Waals surface area contributed by atoms with Crippen LogP contribution in [0.1, 0.15) is 23.6 Å². The summed E-state index contributed by atoms with van der Waals surface area (Å²) < 4.78 is 0. The van der Waals surface area contributed by atoms with E-state index in [9.17, 15) is 0 Å². The molecule has 0 amide bonds. The van der Waals surface area contributed by atoms with E-state index in [0.717, 1.165) is 17.5 Å². The minimum Gasteiger partial charge on any atom is -0.198 e. The van der Waals surface area contributed by atoms with Crippen molar-refractivity contribution >= 4 is 11.6 Å². The Morgan fingerprint density at radius 3 is 2.57 bits per heavy atom. The minimum atomic E-state index is 0.299. The standard InChI is InChI=1S/C11H9ClN2/c1-2-9-5-8(7-14)6-11(12)10(9)3-4-13/h5-6H,2-3H2,1H3. The first-order chi connectivity index (χ1) is 6.72. The summed E-state index contributed by atoms with van der Waals surface area (Å²) in [4.78, 5) is 0. The van der Waals surface area contributed by atoms with Crippen molar-refractivity contribution in [3.63, 3.8) is 0 Å². The number of benzene rings is 1. The maximum absolute atomic E-state index is 8.73. The van der Waals surface area contributed by atoms with Gasteiger partial charge in [-0.25, -0.2) is 0 Å². The first-order valence-corrected chi connectivity index (χ1v) is 4.69. The average Bonchev–Trinajstić information content (AvgIpc) is 2.20. The van der Waals surface area contributed by atoms with E-state index in [1.807, 2.05) is 13.0 Å². The summed E-state index contributed by atoms with van der Waals surface area (Å²) in [6, 6.07) is 7.51. The van der Waals surface area contributed by atoms with Gasteiger partial charge in [0.1, 0.15) is 0 Å². The molecule has 0 aliphatic carbocycles. The molecule has 0 bridgehead atoms. The zero-order valence-corrected chi connectivity index (χ0v) is 8.60. The van der Waals surface area contributed by atoms with Crippen molar-refractivity contribution in [3.8, 4) is 12.1 Å². The van der Waals surface area contributed by atoms with Gasteiger partial charge in [0.15, 0.2) is 0 Å². The fourth-order valence-corrected chi connectivity index (χ4v) is 1.66. The van der Waals surface area contributed by atoms with Gasteiger partial charge in [-0.05, 0) is 29.7 Å². The predicted molar refractivity (Wildman–Crippen MR) is 54.9 cm³/mol. The minimum absolute atomic E-state index is 0.299. The highest BCUT2D eigenvalue weighted by Crippen LogP contribution is 2.23. The van der Waals surface area contributed by atoms with Crippen LogP contribution >= 0.6 is 11.6 Å². The normalized spacial score (nSPS) is 9.14. The molecule has 0 saturated heterocycles. The first kappa shape index (κ1) is 10.6. The molecule has 0 aromatic heterocycles. The molecule has 2 nitrogen and oxygen atoms in total. The van der Waals surface area contributed by atoms with Crippen LogP contribution in [0, 0.1) is 22.7 Å². The Labute approximate surface area is 88.3 Å². The zero-order valence-electron chi connectivity index (χ0n) is 7.84. The number of halogens is 1. The highest BCUT2D eigenvalue weighted by molar-refractivity contribution is 6.31. The second-order valence-electron chi connectivity index (χ2n) is 2.90. The second kappa shape index (κ2) is 4.65. The molecule has 1 aromatic rings. The molecule has 1 aromatic carbocycles. The number of hydrogen-bond acceptors (Lipinski definition) is 2. The third-order valence-corrected chi connectivity index (χ3v) is 2.39. The zero-order chi connectivity index (χ0) is 10.6. The summed E-state index contributed by atoms with van der Waals surface area (Å²) in [5.41, 5.74) is 2.37. The fraction of sp³-hybridized carbons (Fsp3) is 0.273. The monoisotopic (exact) mass is 204 g/mol. The topological polar surface area (TPSA) is 47.6 Å². The molecular formula is C11H9ClN2. The first-order valence-electron chi connectivity index (χ1n) is 4.31. The van der Waals surface area contributed by atoms with Crippen LogP contribution < -0.4 is 0 Å². The summed E-state index contributed by atoms with van der Waals surface area (Å²) in [5.74, 6) is 0. The smallest absolute Gasteiger partial charge is 0.0992 e. The molecule has 0 spiro atoms. The van der Waals surface area contributed by atoms with E-state index in [1.165, 1.54) is 0 Å². The van der Waals surface area contributed by atoms with Crippen LogP contribution in [-0.4, -0.2) is 0 Å². The fourth-order valence-electron chi connectivity index (χ4n) is 1.35. The van der Waals surface area contributed by atoms with Gasteiger partial charge in [0.05, 0.1) is 24.1 Å². The number of rotatable bonds is 2. The Morgan fingerprint density at radius 2 is 2.07 bits per heavy atom. The highest BCUT2D eigenvalue weighted by atomic mass is 35.5. The van der Waals surface area contributed by atoms with Crippen LogP contribution in [0.3, 0.4) is 0 Å². The molecule has 0 atom stereocenters. The van der Waals surface area contributed by atoms with E-state index in [2.05, 4.69) is 6.07 Å². The lowest BCUT2D eigenvalue weighted by molar-refractivity contribution is 1.08. The molecule has 0 aliphatic heterocycles. The van der Waals surface area contributed by atoms with Gasteiger partial charge in [-0.15, -0.1) is 0 Å². The van der Waals surface area contributed by atoms with E-state index < -0.39 is 0 Å². The number of nitriles is 2. The van der Waals surface area contributed by atoms with Crippen LogP contribution in [0.25, 0.3) is 0 Å². The van der Waals surface area contributed by atoms with Crippen LogP contribution in [0.4, 0.5) is 0 Å². The van der Waals surface area contributed by atoms with Gasteiger partial charge >= 0.3 is 0 Å². The summed E-state index contributed by atoms with van der Waals surface area (Å²) in [5, 5.41) is 17.9. The summed E-state index contributed by atoms with van der Waals surface area (Å²) in [6.45, 7) is 1.98. The van der Waals surface area contributed by atoms with Gasteiger partial charge in [0, 0.05) is 5.02 Å². The third kappa shape index (κ3) is 2.05. The molecular weight excluding hydrogens is 196 g/mol. The van der Waals surface area contributed by atoms with Gasteiger partial charge in [-0.1, -0.05) is 18.5 Å². The van der Waals surface area contributed by atoms with E-state index in [0.29, 0.717) is 17.0 Å². The molecule has 70 valence electrons. The summed E-state index contributed by atoms with van der Waals surface area (Å²) >= 11 is 5.97. The SMILES string of the molecule is CCc1cc(C#N)cc(Cl)c1CC#N. The molecule has 0 saturated carbocycles. The molecule has 14 heavy (non-hydrogen) atoms. The van der Waals surface area contributed by atoms with Crippen LogP contribution in [0.5, 0.6) is 0 Å². The summed E-state index contributed by atoms with van der Waals surface area (Å²) in [7, 11) is 0. The molecule has 0 N–H and O–H groups in total. The summed E-state index contributed by atoms with van der Waals surface area (Å²) in [6.07, 6.45) is 1.08. The lowest BCUT2D eigenvalue weighted by atomic mass is 10.0. The number of aryl methyl sites for hydroxylation is 1. The quantitative estimate of drug-likeness (QED) is 0.744. The number of nitrogens with zero attached hydrogens (tertiary/aromatic N) is 2. The van der Waals surface area contributed by atoms with Gasteiger partial charge in [0.25, 0.3) is 0 Å². The van der Waals surface area contributed by atoms with Crippen molar-refractivity contribution in [2.45, 2.75) is 19.8 Å². The van der Waals surface area contributed by atoms with Gasteiger partial charge in [0.2, 0.25) is 0 Å². The van der Waals surface area contributed by atoms with Crippen LogP contribution in [-0.2, 0) is 12.8 Å². The largest absolute Gasteiger partial charge is 0.198 e. The van der Waals surface area contributed by atoms with Crippen LogP contribution in [0.15, 0.2) is 12.1 Å². The van der Waals surface area contributed by atoms with E-state index in [1.54, 1.807) is 12.1 Å². The third-order valence-electron chi connectivity index (χ3n) is 2.05. The molecule has 0 radical (unpaired) electrons. The van der Waals surface area contributed by atoms with E-state index in [-0.39, 0.29) is 0 Å². The highest BCUT2D eigenvalue weighted by Gasteiger charge is 2.07.